The maximum Gasteiger partial charge on any atom is 0.306 e. The number of ether oxygens (including phenoxy) is 3. The molecule has 420 valence electrons. The first-order chi connectivity index (χ1) is 36.5. The van der Waals surface area contributed by atoms with Gasteiger partial charge in [0.05, 0.1) is 0 Å². The minimum atomic E-state index is -0.804. The van der Waals surface area contributed by atoms with E-state index in [0.29, 0.717) is 19.3 Å². The quantitative estimate of drug-likeness (QED) is 0.0261. The highest BCUT2D eigenvalue weighted by Gasteiger charge is 2.19. The van der Waals surface area contributed by atoms with Gasteiger partial charge in [0, 0.05) is 19.3 Å². The molecule has 0 bridgehead atoms. The average molecular weight is 1030 g/mol. The second kappa shape index (κ2) is 61.4. The van der Waals surface area contributed by atoms with Gasteiger partial charge in [-0.05, 0) is 128 Å². The lowest BCUT2D eigenvalue weighted by atomic mass is 10.1. The third kappa shape index (κ3) is 58.7. The predicted octanol–water partition coefficient (Wildman–Crippen LogP) is 20.8. The molecule has 0 aliphatic carbocycles. The van der Waals surface area contributed by atoms with Crippen molar-refractivity contribution in [1.82, 2.24) is 0 Å². The molecule has 1 unspecified atom stereocenters. The van der Waals surface area contributed by atoms with Crippen LogP contribution in [0.25, 0.3) is 0 Å². The Morgan fingerprint density at radius 1 is 0.284 bits per heavy atom. The molecule has 6 heteroatoms. The zero-order valence-electron chi connectivity index (χ0n) is 48.1. The van der Waals surface area contributed by atoms with Crippen LogP contribution in [0.3, 0.4) is 0 Å². The van der Waals surface area contributed by atoms with Crippen LogP contribution in [0.1, 0.15) is 271 Å². The van der Waals surface area contributed by atoms with Crippen LogP contribution >= 0.6 is 0 Å². The second-order valence-corrected chi connectivity index (χ2v) is 19.8. The molecule has 74 heavy (non-hydrogen) atoms. The number of esters is 3. The van der Waals surface area contributed by atoms with Crippen molar-refractivity contribution >= 4 is 17.9 Å². The smallest absolute Gasteiger partial charge is 0.306 e. The number of unbranched alkanes of at least 4 members (excludes halogenated alkanes) is 23. The van der Waals surface area contributed by atoms with E-state index >= 15 is 0 Å². The predicted molar refractivity (Wildman–Crippen MR) is 320 cm³/mol. The number of allylic oxidation sites excluding steroid dienone is 20. The van der Waals surface area contributed by atoms with Crippen LogP contribution in [0.15, 0.2) is 122 Å². The zero-order valence-corrected chi connectivity index (χ0v) is 48.1. The van der Waals surface area contributed by atoms with Crippen molar-refractivity contribution in [3.8, 4) is 0 Å². The number of hydrogen-bond donors (Lipinski definition) is 0. The van der Waals surface area contributed by atoms with Crippen LogP contribution in [0.2, 0.25) is 0 Å². The zero-order chi connectivity index (χ0) is 53.6. The van der Waals surface area contributed by atoms with E-state index < -0.39 is 6.10 Å². The molecule has 0 radical (unpaired) electrons. The highest BCUT2D eigenvalue weighted by atomic mass is 16.6. The van der Waals surface area contributed by atoms with E-state index in [4.69, 9.17) is 14.2 Å². The molecule has 0 saturated carbocycles. The normalized spacial score (nSPS) is 13.0. The van der Waals surface area contributed by atoms with Crippen LogP contribution in [0.4, 0.5) is 0 Å². The Balaban J connectivity index is 4.45. The van der Waals surface area contributed by atoms with E-state index in [1.165, 1.54) is 89.9 Å². The number of carbonyl (C=O) groups excluding carboxylic acids is 3. The summed E-state index contributed by atoms with van der Waals surface area (Å²) in [6.07, 6.45) is 84.7. The summed E-state index contributed by atoms with van der Waals surface area (Å²) in [7, 11) is 0. The minimum Gasteiger partial charge on any atom is -0.462 e. The van der Waals surface area contributed by atoms with Gasteiger partial charge in [0.15, 0.2) is 6.10 Å². The van der Waals surface area contributed by atoms with Crippen LogP contribution in [0.5, 0.6) is 0 Å². The van der Waals surface area contributed by atoms with Crippen molar-refractivity contribution in [3.05, 3.63) is 122 Å². The highest BCUT2D eigenvalue weighted by Crippen LogP contribution is 2.14. The van der Waals surface area contributed by atoms with Crippen LogP contribution in [-0.2, 0) is 28.6 Å². The SMILES string of the molecule is CC/C=C\C/C=C\C/C=C\C/C=C\C/C=C\CCCCCCCCCC(=O)OCC(COC(=O)CCCCCCC/C=C\CCCCCCCCC)OC(=O)CCCCCC/C=C\C/C=C\C/C=C\C/C=C\CC. The fourth-order valence-electron chi connectivity index (χ4n) is 8.16. The third-order valence-corrected chi connectivity index (χ3v) is 12.7. The summed E-state index contributed by atoms with van der Waals surface area (Å²) in [6.45, 7) is 6.38. The maximum absolute atomic E-state index is 12.9. The van der Waals surface area contributed by atoms with Gasteiger partial charge >= 0.3 is 17.9 Å². The van der Waals surface area contributed by atoms with Gasteiger partial charge in [-0.2, -0.15) is 0 Å². The lowest BCUT2D eigenvalue weighted by Gasteiger charge is -2.18. The Morgan fingerprint density at radius 2 is 0.527 bits per heavy atom. The Hall–Kier alpha value is -4.19. The summed E-state index contributed by atoms with van der Waals surface area (Å²) >= 11 is 0. The Bertz CT molecular complexity index is 1550. The van der Waals surface area contributed by atoms with Gasteiger partial charge in [-0.1, -0.05) is 245 Å². The topological polar surface area (TPSA) is 78.9 Å². The Labute approximate surface area is 456 Å². The maximum atomic E-state index is 12.9. The summed E-state index contributed by atoms with van der Waals surface area (Å²) in [5, 5.41) is 0. The standard InChI is InChI=1S/C68H112O6/c1-4-7-10-13-16-19-22-25-28-31-32-33-34-35-36-38-40-43-46-49-52-55-58-61-67(70)73-64-65(63-72-66(69)60-57-54-51-48-45-42-39-30-27-24-21-18-15-12-9-6-3)74-68(71)62-59-56-53-50-47-44-41-37-29-26-23-20-17-14-11-8-5-2/h7-8,10-11,16-17,19-20,25-26,28-30,32-33,35-36,39,41,44,65H,4-6,9,12-15,18,21-24,27,31,34,37-38,40,42-43,45-64H2,1-3H3/b10-7-,11-8-,19-16-,20-17-,28-25-,29-26-,33-32-,36-35-,39-30-,44-41-. The Morgan fingerprint density at radius 3 is 0.838 bits per heavy atom. The van der Waals surface area contributed by atoms with Gasteiger partial charge < -0.3 is 14.2 Å². The Kier molecular flexibility index (Phi) is 57.9. The lowest BCUT2D eigenvalue weighted by molar-refractivity contribution is -0.167. The van der Waals surface area contributed by atoms with Crippen LogP contribution in [0, 0.1) is 0 Å². The molecule has 0 aromatic heterocycles. The molecule has 0 spiro atoms. The third-order valence-electron chi connectivity index (χ3n) is 12.7. The number of carbonyl (C=O) groups is 3. The molecule has 1 atom stereocenters. The van der Waals surface area contributed by atoms with Gasteiger partial charge in [-0.15, -0.1) is 0 Å². The van der Waals surface area contributed by atoms with E-state index in [1.54, 1.807) is 0 Å². The van der Waals surface area contributed by atoms with Crippen molar-refractivity contribution in [1.29, 1.82) is 0 Å². The van der Waals surface area contributed by atoms with Crippen LogP contribution in [-0.4, -0.2) is 37.2 Å². The molecular weight excluding hydrogens is 913 g/mol. The van der Waals surface area contributed by atoms with Crippen LogP contribution < -0.4 is 0 Å². The average Bonchev–Trinajstić information content (AvgIpc) is 3.40. The molecule has 0 heterocycles. The molecule has 0 aromatic carbocycles. The van der Waals surface area contributed by atoms with E-state index in [2.05, 4.69) is 142 Å². The monoisotopic (exact) mass is 1020 g/mol. The molecular formula is C68H112O6. The lowest BCUT2D eigenvalue weighted by Crippen LogP contribution is -2.30. The largest absolute Gasteiger partial charge is 0.462 e. The molecule has 0 aromatic rings. The summed E-state index contributed by atoms with van der Waals surface area (Å²) in [4.78, 5) is 38.3. The van der Waals surface area contributed by atoms with Crippen molar-refractivity contribution < 1.29 is 28.6 Å². The van der Waals surface area contributed by atoms with E-state index in [-0.39, 0.29) is 31.1 Å². The van der Waals surface area contributed by atoms with Gasteiger partial charge in [0.1, 0.15) is 13.2 Å². The molecule has 0 aliphatic rings. The molecule has 0 rings (SSSR count). The molecule has 0 fully saturated rings. The minimum absolute atomic E-state index is 0.0982. The van der Waals surface area contributed by atoms with Gasteiger partial charge in [0.2, 0.25) is 0 Å². The molecule has 0 N–H and O–H groups in total. The summed E-state index contributed by atoms with van der Waals surface area (Å²) in [6, 6.07) is 0. The molecule has 0 saturated heterocycles. The number of rotatable bonds is 54. The molecule has 0 amide bonds. The number of hydrogen-bond acceptors (Lipinski definition) is 6. The van der Waals surface area contributed by atoms with Crippen molar-refractivity contribution in [3.63, 3.8) is 0 Å². The van der Waals surface area contributed by atoms with E-state index in [0.717, 1.165) is 141 Å². The second-order valence-electron chi connectivity index (χ2n) is 19.8. The summed E-state index contributed by atoms with van der Waals surface area (Å²) in [5.41, 5.74) is 0. The first-order valence-electron chi connectivity index (χ1n) is 30.5. The van der Waals surface area contributed by atoms with Gasteiger partial charge in [-0.25, -0.2) is 0 Å². The molecule has 6 nitrogen and oxygen atoms in total. The van der Waals surface area contributed by atoms with Crippen molar-refractivity contribution in [2.45, 2.75) is 277 Å². The first kappa shape index (κ1) is 69.8. The van der Waals surface area contributed by atoms with Crippen molar-refractivity contribution in [2.24, 2.45) is 0 Å². The van der Waals surface area contributed by atoms with Gasteiger partial charge in [0.25, 0.3) is 0 Å². The fraction of sp³-hybridized carbons (Fsp3) is 0.662. The first-order valence-corrected chi connectivity index (χ1v) is 30.5. The fourth-order valence-corrected chi connectivity index (χ4v) is 8.16. The molecule has 0 aliphatic heterocycles. The van der Waals surface area contributed by atoms with E-state index in [9.17, 15) is 14.4 Å². The van der Waals surface area contributed by atoms with Gasteiger partial charge in [-0.3, -0.25) is 14.4 Å². The summed E-state index contributed by atoms with van der Waals surface area (Å²) < 4.78 is 16.9. The summed E-state index contributed by atoms with van der Waals surface area (Å²) in [5.74, 6) is -0.939. The van der Waals surface area contributed by atoms with E-state index in [1.807, 2.05) is 0 Å². The van der Waals surface area contributed by atoms with Crippen molar-refractivity contribution in [2.75, 3.05) is 13.2 Å². The highest BCUT2D eigenvalue weighted by molar-refractivity contribution is 5.71.